The zero-order valence-electron chi connectivity index (χ0n) is 32.3. The van der Waals surface area contributed by atoms with Crippen LogP contribution >= 0.6 is 0 Å². The van der Waals surface area contributed by atoms with Gasteiger partial charge in [-0.15, -0.1) is 0 Å². The number of carbonyl (C=O) groups excluding carboxylic acids is 6. The predicted molar refractivity (Wildman–Crippen MR) is 206 cm³/mol. The first-order valence-electron chi connectivity index (χ1n) is 18.8. The van der Waals surface area contributed by atoms with Gasteiger partial charge in [-0.05, 0) is 47.9 Å². The fourth-order valence-corrected chi connectivity index (χ4v) is 5.66. The van der Waals surface area contributed by atoms with E-state index in [9.17, 15) is 68.4 Å². The van der Waals surface area contributed by atoms with Gasteiger partial charge in [0.25, 0.3) is 0 Å². The van der Waals surface area contributed by atoms with Crippen LogP contribution in [0.5, 0.6) is 0 Å². The lowest BCUT2D eigenvalue weighted by molar-refractivity contribution is -0.138. The van der Waals surface area contributed by atoms with E-state index < -0.39 is 109 Å². The highest BCUT2D eigenvalue weighted by Crippen LogP contribution is 2.09. The summed E-state index contributed by atoms with van der Waals surface area (Å²) in [4.78, 5) is 124. The first-order valence-corrected chi connectivity index (χ1v) is 18.8. The van der Waals surface area contributed by atoms with Crippen LogP contribution in [-0.4, -0.2) is 104 Å². The van der Waals surface area contributed by atoms with Crippen molar-refractivity contribution in [2.24, 2.45) is 0 Å². The smallest absolute Gasteiger partial charge is 0.316 e. The Hall–Kier alpha value is -7.26. The summed E-state index contributed by atoms with van der Waals surface area (Å²) in [6.45, 7) is -0.315. The average molecular weight is 841 g/mol. The minimum atomic E-state index is -1.37. The first-order chi connectivity index (χ1) is 28.5. The third-order valence-corrected chi connectivity index (χ3v) is 8.99. The predicted octanol–water partition coefficient (Wildman–Crippen LogP) is -0.603. The number of hydrogen-bond donors (Lipinski definition) is 12. The number of hydrogen-bond acceptors (Lipinski definition) is 10. The molecule has 0 spiro atoms. The summed E-state index contributed by atoms with van der Waals surface area (Å²) in [6, 6.07) is 5.24. The third kappa shape index (κ3) is 17.5. The highest BCUT2D eigenvalue weighted by molar-refractivity contribution is 5.92. The van der Waals surface area contributed by atoms with E-state index in [4.69, 9.17) is 0 Å². The number of urea groups is 2. The molecule has 4 heterocycles. The monoisotopic (exact) mass is 840 g/mol. The number of rotatable bonds is 12. The fraction of sp³-hybridized carbons (Fsp3) is 0.421. The van der Waals surface area contributed by atoms with Crippen molar-refractivity contribution in [3.63, 3.8) is 0 Å². The Balaban J connectivity index is 1.89. The average Bonchev–Trinajstić information content (AvgIpc) is 3.20. The minimum Gasteiger partial charge on any atom is -0.481 e. The normalized spacial score (nSPS) is 20.1. The van der Waals surface area contributed by atoms with Crippen molar-refractivity contribution in [2.45, 2.75) is 102 Å². The molecule has 0 aromatic heterocycles. The van der Waals surface area contributed by atoms with Crippen LogP contribution in [0.1, 0.15) is 73.6 Å². The number of benzene rings is 2. The van der Waals surface area contributed by atoms with E-state index in [1.807, 2.05) is 0 Å². The van der Waals surface area contributed by atoms with Gasteiger partial charge < -0.3 is 63.0 Å². The van der Waals surface area contributed by atoms with Crippen molar-refractivity contribution >= 4 is 59.6 Å². The van der Waals surface area contributed by atoms with Gasteiger partial charge in [-0.2, -0.15) is 0 Å². The maximum atomic E-state index is 13.2. The van der Waals surface area contributed by atoms with Crippen molar-refractivity contribution in [1.29, 1.82) is 0 Å². The summed E-state index contributed by atoms with van der Waals surface area (Å²) < 4.78 is 0. The number of aliphatic carboxylic acids is 4. The van der Waals surface area contributed by atoms with E-state index in [2.05, 4.69) is 42.5 Å². The van der Waals surface area contributed by atoms with Crippen LogP contribution in [0.3, 0.4) is 0 Å². The van der Waals surface area contributed by atoms with Crippen molar-refractivity contribution in [3.8, 4) is 0 Å². The van der Waals surface area contributed by atoms with E-state index >= 15 is 0 Å². The topological polar surface area (TPSA) is 348 Å². The molecule has 0 unspecified atom stereocenters. The fourth-order valence-electron chi connectivity index (χ4n) is 5.66. The van der Waals surface area contributed by atoms with Gasteiger partial charge >= 0.3 is 35.9 Å². The van der Waals surface area contributed by atoms with Gasteiger partial charge in [-0.25, -0.2) is 9.59 Å². The summed E-state index contributed by atoms with van der Waals surface area (Å²) in [7, 11) is 0. The highest BCUT2D eigenvalue weighted by atomic mass is 16.4. The van der Waals surface area contributed by atoms with Crippen LogP contribution in [0.4, 0.5) is 9.59 Å². The molecular weight excluding hydrogens is 792 g/mol. The van der Waals surface area contributed by atoms with Crippen LogP contribution in [0, 0.1) is 0 Å². The molecule has 4 aliphatic rings. The molecule has 4 atom stereocenters. The van der Waals surface area contributed by atoms with Gasteiger partial charge in [0.05, 0.1) is 0 Å². The Kier molecular flexibility index (Phi) is 18.7. The molecule has 22 nitrogen and oxygen atoms in total. The molecule has 22 heteroatoms. The van der Waals surface area contributed by atoms with E-state index in [0.717, 1.165) is 0 Å². The second kappa shape index (κ2) is 23.8. The van der Waals surface area contributed by atoms with Gasteiger partial charge in [0, 0.05) is 51.9 Å². The van der Waals surface area contributed by atoms with Crippen molar-refractivity contribution in [1.82, 2.24) is 42.5 Å². The lowest BCUT2D eigenvalue weighted by Gasteiger charge is -2.22. The van der Waals surface area contributed by atoms with Gasteiger partial charge in [0.15, 0.2) is 0 Å². The van der Waals surface area contributed by atoms with Gasteiger partial charge in [0.1, 0.15) is 24.2 Å². The van der Waals surface area contributed by atoms with Crippen LogP contribution < -0.4 is 42.5 Å². The molecular formula is C38H48N8O14. The summed E-state index contributed by atoms with van der Waals surface area (Å²) >= 11 is 0. The minimum absolute atomic E-state index is 0.0786. The lowest BCUT2D eigenvalue weighted by atomic mass is 10.1. The Bertz CT molecular complexity index is 1620. The number of nitrogens with one attached hydrogen (secondary N) is 8. The first kappa shape index (κ1) is 47.1. The molecule has 0 aliphatic carbocycles. The molecule has 0 saturated heterocycles. The quantitative estimate of drug-likeness (QED) is 0.127. The number of carbonyl (C=O) groups is 10. The van der Waals surface area contributed by atoms with Crippen molar-refractivity contribution < 1.29 is 68.4 Å². The van der Waals surface area contributed by atoms with E-state index in [0.29, 0.717) is 22.3 Å². The zero-order chi connectivity index (χ0) is 44.2. The Morgan fingerprint density at radius 2 is 0.567 bits per heavy atom. The lowest BCUT2D eigenvalue weighted by Crippen LogP contribution is -2.55. The summed E-state index contributed by atoms with van der Waals surface area (Å²) in [5.41, 5.74) is 2.22. The van der Waals surface area contributed by atoms with Crippen LogP contribution in [0.15, 0.2) is 48.5 Å². The summed E-state index contributed by atoms with van der Waals surface area (Å²) in [5, 5.41) is 56.8. The molecule has 6 rings (SSSR count). The number of carboxylic acids is 4. The SMILES string of the molecule is O=C(O)CC[C@@H]1NC(=O)N[C@@H](CCC(=O)O)C(=O)NCc2ccc(cc2)CNC(=O)[C@H](CCC(=O)O)NC(=O)N[C@@H](CCC(=O)O)C(=O)NCc2ccc(cc2)CNC1=O. The largest absolute Gasteiger partial charge is 0.481 e. The Labute approximate surface area is 342 Å². The molecule has 0 radical (unpaired) electrons. The molecule has 12 N–H and O–H groups in total. The molecule has 60 heavy (non-hydrogen) atoms. The molecule has 2 aromatic rings. The molecule has 8 amide bonds. The Morgan fingerprint density at radius 1 is 0.383 bits per heavy atom. The summed E-state index contributed by atoms with van der Waals surface area (Å²) in [6.07, 6.45) is -3.31. The van der Waals surface area contributed by atoms with Crippen LogP contribution in [0.2, 0.25) is 0 Å². The van der Waals surface area contributed by atoms with E-state index in [1.165, 1.54) is 0 Å². The molecule has 0 saturated carbocycles. The molecule has 4 bridgehead atoms. The highest BCUT2D eigenvalue weighted by Gasteiger charge is 2.28. The number of amides is 8. The zero-order valence-corrected chi connectivity index (χ0v) is 32.3. The second-order valence-electron chi connectivity index (χ2n) is 13.7. The number of carboxylic acid groups (broad SMARTS) is 4. The summed E-state index contributed by atoms with van der Waals surface area (Å²) in [5.74, 6) is -8.00. The van der Waals surface area contributed by atoms with Crippen molar-refractivity contribution in [2.75, 3.05) is 0 Å². The van der Waals surface area contributed by atoms with Gasteiger partial charge in [0.2, 0.25) is 23.6 Å². The van der Waals surface area contributed by atoms with Gasteiger partial charge in [-0.3, -0.25) is 38.4 Å². The van der Waals surface area contributed by atoms with Gasteiger partial charge in [-0.1, -0.05) is 48.5 Å². The maximum absolute atomic E-state index is 13.2. The molecule has 0 fully saturated rings. The second-order valence-corrected chi connectivity index (χ2v) is 13.7. The molecule has 2 aromatic carbocycles. The molecule has 324 valence electrons. The van der Waals surface area contributed by atoms with E-state index in [1.54, 1.807) is 48.5 Å². The van der Waals surface area contributed by atoms with E-state index in [-0.39, 0.29) is 51.9 Å². The van der Waals surface area contributed by atoms with Crippen molar-refractivity contribution in [3.05, 3.63) is 70.8 Å². The maximum Gasteiger partial charge on any atom is 0.316 e. The molecule has 4 aliphatic heterocycles. The standard InChI is InChI=1S/C38H48N8O14/c47-29(48)13-9-25-33(55)39-17-21-1-2-22(4-3-21)18-40-34(56)26(10-14-30(49)50)44-38(60)46-28(12-16-32(53)54)36(58)42-20-24-7-5-23(6-8-24)19-41-35(57)27(11-15-31(51)52)45-37(59)43-25/h1-8,25-28H,9-20H2,(H,39,55)(H,40,56)(H,41,57)(H,42,58)(H,47,48)(H,49,50)(H,51,52)(H,53,54)(H2,43,45,59)(H2,44,46,60)/t25-,26-,27-,28-/m0/s1. The third-order valence-electron chi connectivity index (χ3n) is 8.99. The van der Waals surface area contributed by atoms with Crippen LogP contribution in [0.25, 0.3) is 0 Å². The Morgan fingerprint density at radius 3 is 0.733 bits per heavy atom. The van der Waals surface area contributed by atoms with Crippen LogP contribution in [-0.2, 0) is 64.5 Å².